The molecule has 1 aromatic rings. The van der Waals surface area contributed by atoms with E-state index in [1.54, 1.807) is 0 Å². The predicted octanol–water partition coefficient (Wildman–Crippen LogP) is 5.24. The molecule has 0 aromatic heterocycles. The van der Waals surface area contributed by atoms with E-state index in [0.29, 0.717) is 31.7 Å². The van der Waals surface area contributed by atoms with Crippen LogP contribution in [0.5, 0.6) is 0 Å². The predicted molar refractivity (Wildman–Crippen MR) is 101 cm³/mol. The SMILES string of the molecule is O=CN(CCC1CCCN(c2cc(F)cc(C(F)(F)F)c2)C1)C1CCCCC1. The number of piperidine rings is 1. The third kappa shape index (κ3) is 5.39. The molecule has 1 saturated heterocycles. The minimum Gasteiger partial charge on any atom is -0.371 e. The number of halogens is 4. The maximum absolute atomic E-state index is 13.7. The molecule has 156 valence electrons. The maximum atomic E-state index is 13.7. The fourth-order valence-corrected chi connectivity index (χ4v) is 4.52. The molecule has 28 heavy (non-hydrogen) atoms. The standard InChI is InChI=1S/C21H28F4N2O/c22-18-11-17(21(23,24)25)12-20(13-18)26-9-4-5-16(14-26)8-10-27(15-28)19-6-2-1-3-7-19/h11-13,15-16,19H,1-10,14H2. The Kier molecular flexibility index (Phi) is 6.83. The first kappa shape index (κ1) is 20.9. The lowest BCUT2D eigenvalue weighted by Crippen LogP contribution is -2.40. The third-order valence-electron chi connectivity index (χ3n) is 6.07. The van der Waals surface area contributed by atoms with Crippen molar-refractivity contribution in [3.05, 3.63) is 29.6 Å². The number of nitrogens with zero attached hydrogens (tertiary/aromatic N) is 2. The summed E-state index contributed by atoms with van der Waals surface area (Å²) in [6.07, 6.45) is 4.71. The molecule has 0 bridgehead atoms. The largest absolute Gasteiger partial charge is 0.416 e. The minimum absolute atomic E-state index is 0.288. The number of hydrogen-bond donors (Lipinski definition) is 0. The van der Waals surface area contributed by atoms with Gasteiger partial charge in [0, 0.05) is 31.4 Å². The average molecular weight is 400 g/mol. The molecule has 1 saturated carbocycles. The van der Waals surface area contributed by atoms with Crippen molar-refractivity contribution in [1.29, 1.82) is 0 Å². The zero-order chi connectivity index (χ0) is 20.1. The normalized spacial score (nSPS) is 21.6. The number of hydrogen-bond acceptors (Lipinski definition) is 2. The van der Waals surface area contributed by atoms with Crippen molar-refractivity contribution in [3.63, 3.8) is 0 Å². The van der Waals surface area contributed by atoms with E-state index in [9.17, 15) is 22.4 Å². The Labute approximate surface area is 163 Å². The van der Waals surface area contributed by atoms with Crippen LogP contribution in [-0.2, 0) is 11.0 Å². The summed E-state index contributed by atoms with van der Waals surface area (Å²) in [5.74, 6) is -0.575. The van der Waals surface area contributed by atoms with Crippen LogP contribution < -0.4 is 4.90 Å². The van der Waals surface area contributed by atoms with Gasteiger partial charge in [-0.2, -0.15) is 13.2 Å². The molecular formula is C21H28F4N2O. The Hall–Kier alpha value is -1.79. The van der Waals surface area contributed by atoms with Gasteiger partial charge in [0.2, 0.25) is 6.41 Å². The highest BCUT2D eigenvalue weighted by Gasteiger charge is 2.32. The summed E-state index contributed by atoms with van der Waals surface area (Å²) in [4.78, 5) is 15.2. The number of benzene rings is 1. The zero-order valence-electron chi connectivity index (χ0n) is 16.1. The number of anilines is 1. The van der Waals surface area contributed by atoms with Crippen molar-refractivity contribution in [2.24, 2.45) is 5.92 Å². The van der Waals surface area contributed by atoms with E-state index in [0.717, 1.165) is 57.4 Å². The Morgan fingerprint density at radius 1 is 1.07 bits per heavy atom. The van der Waals surface area contributed by atoms with E-state index in [4.69, 9.17) is 0 Å². The molecule has 7 heteroatoms. The topological polar surface area (TPSA) is 23.6 Å². The van der Waals surface area contributed by atoms with E-state index < -0.39 is 17.6 Å². The van der Waals surface area contributed by atoms with E-state index in [1.807, 2.05) is 9.80 Å². The van der Waals surface area contributed by atoms with Crippen LogP contribution in [0.15, 0.2) is 18.2 Å². The van der Waals surface area contributed by atoms with E-state index in [2.05, 4.69) is 0 Å². The van der Waals surface area contributed by atoms with Crippen LogP contribution in [0.1, 0.15) is 56.9 Å². The fourth-order valence-electron chi connectivity index (χ4n) is 4.52. The fraction of sp³-hybridized carbons (Fsp3) is 0.667. The molecule has 1 aliphatic carbocycles. The molecular weight excluding hydrogens is 372 g/mol. The molecule has 2 aliphatic rings. The average Bonchev–Trinajstić information content (AvgIpc) is 2.68. The van der Waals surface area contributed by atoms with Gasteiger partial charge in [0.25, 0.3) is 0 Å². The Morgan fingerprint density at radius 2 is 1.82 bits per heavy atom. The number of carbonyl (C=O) groups excluding carboxylic acids is 1. The van der Waals surface area contributed by atoms with E-state index in [1.165, 1.54) is 12.5 Å². The van der Waals surface area contributed by atoms with Crippen LogP contribution in [0, 0.1) is 11.7 Å². The second-order valence-electron chi connectivity index (χ2n) is 8.07. The van der Waals surface area contributed by atoms with Gasteiger partial charge in [-0.3, -0.25) is 4.79 Å². The summed E-state index contributed by atoms with van der Waals surface area (Å²) in [5.41, 5.74) is -0.661. The van der Waals surface area contributed by atoms with Gasteiger partial charge in [-0.15, -0.1) is 0 Å². The molecule has 1 aromatic carbocycles. The number of alkyl halides is 3. The highest BCUT2D eigenvalue weighted by atomic mass is 19.4. The first-order valence-corrected chi connectivity index (χ1v) is 10.2. The minimum atomic E-state index is -4.56. The Balaban J connectivity index is 1.61. The van der Waals surface area contributed by atoms with Crippen LogP contribution in [0.2, 0.25) is 0 Å². The van der Waals surface area contributed by atoms with Crippen molar-refractivity contribution in [2.45, 2.75) is 63.6 Å². The third-order valence-corrected chi connectivity index (χ3v) is 6.07. The molecule has 1 unspecified atom stereocenters. The number of rotatable bonds is 6. The van der Waals surface area contributed by atoms with Gasteiger partial charge in [0.15, 0.2) is 0 Å². The van der Waals surface area contributed by atoms with Gasteiger partial charge in [0.1, 0.15) is 5.82 Å². The van der Waals surface area contributed by atoms with Crippen molar-refractivity contribution in [1.82, 2.24) is 4.90 Å². The zero-order valence-corrected chi connectivity index (χ0v) is 16.1. The molecule has 1 heterocycles. The molecule has 3 rings (SSSR count). The summed E-state index contributed by atoms with van der Waals surface area (Å²) in [6.45, 7) is 1.90. The van der Waals surface area contributed by atoms with Crippen LogP contribution >= 0.6 is 0 Å². The molecule has 0 spiro atoms. The van der Waals surface area contributed by atoms with Crippen LogP contribution in [0.3, 0.4) is 0 Å². The number of amides is 1. The quantitative estimate of drug-likeness (QED) is 0.481. The molecule has 1 aliphatic heterocycles. The second-order valence-corrected chi connectivity index (χ2v) is 8.07. The van der Waals surface area contributed by atoms with Gasteiger partial charge >= 0.3 is 6.18 Å². The number of carbonyl (C=O) groups is 1. The van der Waals surface area contributed by atoms with Gasteiger partial charge < -0.3 is 9.80 Å². The van der Waals surface area contributed by atoms with Gasteiger partial charge in [0.05, 0.1) is 5.56 Å². The lowest BCUT2D eigenvalue weighted by Gasteiger charge is -2.37. The van der Waals surface area contributed by atoms with E-state index >= 15 is 0 Å². The highest BCUT2D eigenvalue weighted by Crippen LogP contribution is 2.34. The van der Waals surface area contributed by atoms with Gasteiger partial charge in [-0.25, -0.2) is 4.39 Å². The van der Waals surface area contributed by atoms with Crippen LogP contribution in [0.25, 0.3) is 0 Å². The monoisotopic (exact) mass is 400 g/mol. The Bertz CT molecular complexity index is 658. The molecule has 2 fully saturated rings. The highest BCUT2D eigenvalue weighted by molar-refractivity contribution is 5.50. The summed E-state index contributed by atoms with van der Waals surface area (Å²) in [5, 5.41) is 0. The lowest BCUT2D eigenvalue weighted by molar-refractivity contribution is -0.137. The van der Waals surface area contributed by atoms with Crippen LogP contribution in [-0.4, -0.2) is 37.0 Å². The lowest BCUT2D eigenvalue weighted by atomic mass is 9.92. The molecule has 1 amide bonds. The summed E-state index contributed by atoms with van der Waals surface area (Å²) >= 11 is 0. The molecule has 0 radical (unpaired) electrons. The van der Waals surface area contributed by atoms with Crippen molar-refractivity contribution in [3.8, 4) is 0 Å². The smallest absolute Gasteiger partial charge is 0.371 e. The summed E-state index contributed by atoms with van der Waals surface area (Å²) in [7, 11) is 0. The van der Waals surface area contributed by atoms with Crippen molar-refractivity contribution < 1.29 is 22.4 Å². The first-order valence-electron chi connectivity index (χ1n) is 10.2. The molecule has 0 N–H and O–H groups in total. The summed E-state index contributed by atoms with van der Waals surface area (Å²) in [6, 6.07) is 3.07. The Morgan fingerprint density at radius 3 is 2.50 bits per heavy atom. The van der Waals surface area contributed by atoms with Gasteiger partial charge in [-0.05, 0) is 56.2 Å². The first-order chi connectivity index (χ1) is 13.4. The molecule has 1 atom stereocenters. The second kappa shape index (κ2) is 9.14. The van der Waals surface area contributed by atoms with Crippen molar-refractivity contribution >= 4 is 12.1 Å². The maximum Gasteiger partial charge on any atom is 0.416 e. The molecule has 3 nitrogen and oxygen atoms in total. The van der Waals surface area contributed by atoms with E-state index in [-0.39, 0.29) is 11.6 Å². The van der Waals surface area contributed by atoms with Crippen molar-refractivity contribution in [2.75, 3.05) is 24.5 Å². The summed E-state index contributed by atoms with van der Waals surface area (Å²) < 4.78 is 52.7. The van der Waals surface area contributed by atoms with Crippen LogP contribution in [0.4, 0.5) is 23.2 Å². The van der Waals surface area contributed by atoms with Gasteiger partial charge in [-0.1, -0.05) is 19.3 Å².